The van der Waals surface area contributed by atoms with Gasteiger partial charge in [-0.05, 0) is 6.07 Å². The summed E-state index contributed by atoms with van der Waals surface area (Å²) in [6.07, 6.45) is 2.11. The summed E-state index contributed by atoms with van der Waals surface area (Å²) >= 11 is 0. The number of nitrogen functional groups attached to an aromatic ring is 1. The van der Waals surface area contributed by atoms with Crippen molar-refractivity contribution in [2.75, 3.05) is 24.3 Å². The Morgan fingerprint density at radius 3 is 2.74 bits per heavy atom. The second kappa shape index (κ2) is 4.31. The minimum absolute atomic E-state index is 0.105. The van der Waals surface area contributed by atoms with Crippen molar-refractivity contribution in [2.24, 2.45) is 0 Å². The van der Waals surface area contributed by atoms with E-state index in [2.05, 4.69) is 5.16 Å². The van der Waals surface area contributed by atoms with Crippen LogP contribution in [0.5, 0.6) is 0 Å². The highest BCUT2D eigenvalue weighted by atomic mass is 16.5. The van der Waals surface area contributed by atoms with E-state index >= 15 is 0 Å². The van der Waals surface area contributed by atoms with Gasteiger partial charge in [-0.25, -0.2) is 0 Å². The zero-order valence-corrected chi connectivity index (χ0v) is 10.5. The van der Waals surface area contributed by atoms with E-state index < -0.39 is 0 Å². The zero-order chi connectivity index (χ0) is 13.4. The van der Waals surface area contributed by atoms with E-state index in [9.17, 15) is 4.79 Å². The fraction of sp³-hybridized carbons (Fsp3) is 0.231. The third kappa shape index (κ3) is 1.81. The fourth-order valence-corrected chi connectivity index (χ4v) is 2.31. The van der Waals surface area contributed by atoms with Crippen LogP contribution in [0.1, 0.15) is 6.42 Å². The summed E-state index contributed by atoms with van der Waals surface area (Å²) in [5.74, 6) is 0.383. The van der Waals surface area contributed by atoms with Crippen molar-refractivity contribution in [3.05, 3.63) is 30.5 Å². The van der Waals surface area contributed by atoms with Crippen LogP contribution in [-0.4, -0.2) is 29.7 Å². The maximum Gasteiger partial charge on any atom is 0.242 e. The SMILES string of the molecule is CN1C(=O)CCN1c1ccccc1-c1cnoc1N. The molecule has 2 N–H and O–H groups in total. The predicted molar refractivity (Wildman–Crippen MR) is 71.1 cm³/mol. The molecule has 1 aliphatic rings. The number of benzene rings is 1. The lowest BCUT2D eigenvalue weighted by atomic mass is 10.1. The molecule has 1 amide bonds. The van der Waals surface area contributed by atoms with E-state index in [4.69, 9.17) is 10.3 Å². The minimum atomic E-state index is 0.105. The molecular formula is C13H14N4O2. The van der Waals surface area contributed by atoms with Gasteiger partial charge in [0.1, 0.15) is 0 Å². The van der Waals surface area contributed by atoms with E-state index in [1.165, 1.54) is 0 Å². The molecule has 0 aliphatic carbocycles. The maximum absolute atomic E-state index is 11.7. The number of nitrogens with two attached hydrogens (primary N) is 1. The molecule has 0 atom stereocenters. The summed E-state index contributed by atoms with van der Waals surface area (Å²) < 4.78 is 4.91. The molecular weight excluding hydrogens is 244 g/mol. The lowest BCUT2D eigenvalue weighted by molar-refractivity contribution is -0.126. The van der Waals surface area contributed by atoms with Crippen molar-refractivity contribution in [3.8, 4) is 11.1 Å². The van der Waals surface area contributed by atoms with Crippen LogP contribution >= 0.6 is 0 Å². The average molecular weight is 258 g/mol. The Balaban J connectivity index is 2.08. The number of rotatable bonds is 2. The van der Waals surface area contributed by atoms with Crippen molar-refractivity contribution in [1.29, 1.82) is 0 Å². The van der Waals surface area contributed by atoms with Crippen LogP contribution < -0.4 is 10.7 Å². The van der Waals surface area contributed by atoms with Crippen LogP contribution in [0.25, 0.3) is 11.1 Å². The first-order valence-corrected chi connectivity index (χ1v) is 6.02. The molecule has 0 saturated carbocycles. The molecule has 1 aromatic heterocycles. The van der Waals surface area contributed by atoms with Crippen molar-refractivity contribution in [3.63, 3.8) is 0 Å². The summed E-state index contributed by atoms with van der Waals surface area (Å²) in [7, 11) is 1.77. The number of para-hydroxylation sites is 1. The highest BCUT2D eigenvalue weighted by molar-refractivity contribution is 5.87. The topological polar surface area (TPSA) is 75.6 Å². The van der Waals surface area contributed by atoms with E-state index in [-0.39, 0.29) is 11.8 Å². The molecule has 98 valence electrons. The molecule has 19 heavy (non-hydrogen) atoms. The molecule has 1 aromatic carbocycles. The third-order valence-corrected chi connectivity index (χ3v) is 3.33. The van der Waals surface area contributed by atoms with E-state index in [1.807, 2.05) is 29.3 Å². The number of hydrogen-bond acceptors (Lipinski definition) is 5. The number of nitrogens with zero attached hydrogens (tertiary/aromatic N) is 3. The van der Waals surface area contributed by atoms with Gasteiger partial charge in [-0.3, -0.25) is 14.8 Å². The Kier molecular flexibility index (Phi) is 2.63. The second-order valence-corrected chi connectivity index (χ2v) is 4.41. The maximum atomic E-state index is 11.7. The van der Waals surface area contributed by atoms with Gasteiger partial charge in [0.25, 0.3) is 0 Å². The number of hydrazine groups is 1. The number of hydrogen-bond donors (Lipinski definition) is 1. The van der Waals surface area contributed by atoms with E-state index in [0.29, 0.717) is 13.0 Å². The molecule has 1 saturated heterocycles. The van der Waals surface area contributed by atoms with Gasteiger partial charge in [0.05, 0.1) is 17.4 Å². The standard InChI is InChI=1S/C13H14N4O2/c1-16-12(18)6-7-17(16)11-5-3-2-4-9(11)10-8-15-19-13(10)14/h2-5,8H,6-7,14H2,1H3. The van der Waals surface area contributed by atoms with Gasteiger partial charge in [0, 0.05) is 25.6 Å². The molecule has 0 radical (unpaired) electrons. The lowest BCUT2D eigenvalue weighted by Gasteiger charge is -2.27. The molecule has 0 unspecified atom stereocenters. The largest absolute Gasteiger partial charge is 0.367 e. The van der Waals surface area contributed by atoms with Gasteiger partial charge in [-0.1, -0.05) is 23.4 Å². The number of aromatic nitrogens is 1. The molecule has 1 fully saturated rings. The van der Waals surface area contributed by atoms with Crippen LogP contribution in [0, 0.1) is 0 Å². The van der Waals surface area contributed by atoms with Crippen LogP contribution in [0.2, 0.25) is 0 Å². The smallest absolute Gasteiger partial charge is 0.242 e. The van der Waals surface area contributed by atoms with Gasteiger partial charge >= 0.3 is 0 Å². The summed E-state index contributed by atoms with van der Waals surface area (Å²) in [4.78, 5) is 11.7. The number of amides is 1. The van der Waals surface area contributed by atoms with E-state index in [0.717, 1.165) is 16.8 Å². The first-order valence-electron chi connectivity index (χ1n) is 6.02. The molecule has 6 nitrogen and oxygen atoms in total. The number of anilines is 2. The van der Waals surface area contributed by atoms with Crippen molar-refractivity contribution in [2.45, 2.75) is 6.42 Å². The molecule has 0 spiro atoms. The van der Waals surface area contributed by atoms with Crippen LogP contribution in [0.4, 0.5) is 11.6 Å². The number of carbonyl (C=O) groups is 1. The first kappa shape index (κ1) is 11.6. The molecule has 1 aliphatic heterocycles. The third-order valence-electron chi connectivity index (χ3n) is 3.33. The van der Waals surface area contributed by atoms with Crippen LogP contribution in [-0.2, 0) is 4.79 Å². The van der Waals surface area contributed by atoms with Gasteiger partial charge in [0.15, 0.2) is 0 Å². The highest BCUT2D eigenvalue weighted by Gasteiger charge is 2.28. The average Bonchev–Trinajstić information content (AvgIpc) is 2.98. The van der Waals surface area contributed by atoms with Gasteiger partial charge in [-0.2, -0.15) is 0 Å². The second-order valence-electron chi connectivity index (χ2n) is 4.41. The summed E-state index contributed by atoms with van der Waals surface area (Å²) in [5.41, 5.74) is 8.34. The van der Waals surface area contributed by atoms with Gasteiger partial charge < -0.3 is 10.3 Å². The van der Waals surface area contributed by atoms with E-state index in [1.54, 1.807) is 18.3 Å². The van der Waals surface area contributed by atoms with Gasteiger partial charge in [-0.15, -0.1) is 0 Å². The molecule has 2 aromatic rings. The first-order chi connectivity index (χ1) is 9.18. The monoisotopic (exact) mass is 258 g/mol. The quantitative estimate of drug-likeness (QED) is 0.883. The lowest BCUT2D eigenvalue weighted by Crippen LogP contribution is -2.35. The Morgan fingerprint density at radius 2 is 2.11 bits per heavy atom. The molecule has 6 heteroatoms. The van der Waals surface area contributed by atoms with Crippen molar-refractivity contribution >= 4 is 17.5 Å². The van der Waals surface area contributed by atoms with Crippen LogP contribution in [0.3, 0.4) is 0 Å². The predicted octanol–water partition coefficient (Wildman–Crippen LogP) is 1.51. The number of carbonyl (C=O) groups excluding carboxylic acids is 1. The molecule has 3 rings (SSSR count). The van der Waals surface area contributed by atoms with Crippen LogP contribution in [0.15, 0.2) is 35.0 Å². The van der Waals surface area contributed by atoms with Crippen molar-refractivity contribution < 1.29 is 9.32 Å². The summed E-state index contributed by atoms with van der Waals surface area (Å²) in [5, 5.41) is 7.26. The highest BCUT2D eigenvalue weighted by Crippen LogP contribution is 2.35. The Bertz CT molecular complexity index is 623. The van der Waals surface area contributed by atoms with Crippen molar-refractivity contribution in [1.82, 2.24) is 10.2 Å². The molecule has 2 heterocycles. The Hall–Kier alpha value is -2.50. The molecule has 0 bridgehead atoms. The fourth-order valence-electron chi connectivity index (χ4n) is 2.31. The Labute approximate surface area is 110 Å². The van der Waals surface area contributed by atoms with Gasteiger partial charge in [0.2, 0.25) is 11.8 Å². The zero-order valence-electron chi connectivity index (χ0n) is 10.5. The Morgan fingerprint density at radius 1 is 1.32 bits per heavy atom. The normalized spacial score (nSPS) is 15.3. The summed E-state index contributed by atoms with van der Waals surface area (Å²) in [6, 6.07) is 7.74. The summed E-state index contributed by atoms with van der Waals surface area (Å²) in [6.45, 7) is 0.664. The minimum Gasteiger partial charge on any atom is -0.367 e.